The number of aromatic nitrogens is 2. The summed E-state index contributed by atoms with van der Waals surface area (Å²) in [5, 5.41) is 17.9. The Bertz CT molecular complexity index is 988. The van der Waals surface area contributed by atoms with Gasteiger partial charge in [0.2, 0.25) is 5.75 Å². The van der Waals surface area contributed by atoms with Crippen LogP contribution in [0.2, 0.25) is 0 Å². The fourth-order valence-corrected chi connectivity index (χ4v) is 2.43. The molecule has 0 aliphatic heterocycles. The molecule has 27 heavy (non-hydrogen) atoms. The molecule has 0 bridgehead atoms. The van der Waals surface area contributed by atoms with Gasteiger partial charge < -0.3 is 10.1 Å². The first-order valence-corrected chi connectivity index (χ1v) is 7.93. The molecule has 2 aromatic carbocycles. The maximum Gasteiger partial charge on any atom is 0.311 e. The highest BCUT2D eigenvalue weighted by Gasteiger charge is 2.18. The molecule has 0 fully saturated rings. The number of anilines is 1. The Labute approximate surface area is 153 Å². The molecule has 3 rings (SSSR count). The predicted octanol–water partition coefficient (Wildman–Crippen LogP) is 3.25. The molecule has 3 aromatic rings. The van der Waals surface area contributed by atoms with Gasteiger partial charge in [0.25, 0.3) is 5.91 Å². The van der Waals surface area contributed by atoms with Gasteiger partial charge in [0.1, 0.15) is 11.6 Å². The van der Waals surface area contributed by atoms with Crippen LogP contribution in [-0.2, 0) is 4.79 Å². The second-order valence-corrected chi connectivity index (χ2v) is 5.62. The number of nitro groups is 1. The van der Waals surface area contributed by atoms with Crippen molar-refractivity contribution in [1.82, 2.24) is 9.78 Å². The van der Waals surface area contributed by atoms with E-state index in [-0.39, 0.29) is 5.75 Å². The number of hydrogen-bond acceptors (Lipinski definition) is 5. The number of nitrogens with one attached hydrogen (secondary N) is 1. The molecule has 0 saturated heterocycles. The fraction of sp³-hybridized carbons (Fsp3) is 0.111. The largest absolute Gasteiger partial charge is 0.477 e. The summed E-state index contributed by atoms with van der Waals surface area (Å²) >= 11 is 0. The van der Waals surface area contributed by atoms with Gasteiger partial charge in [0.15, 0.2) is 6.61 Å². The lowest BCUT2D eigenvalue weighted by atomic mass is 10.3. The third-order valence-electron chi connectivity index (χ3n) is 3.58. The van der Waals surface area contributed by atoms with Crippen molar-refractivity contribution in [3.63, 3.8) is 0 Å². The van der Waals surface area contributed by atoms with Gasteiger partial charge in [-0.15, -0.1) is 0 Å². The molecule has 0 saturated carbocycles. The van der Waals surface area contributed by atoms with Gasteiger partial charge in [0.05, 0.1) is 16.3 Å². The van der Waals surface area contributed by atoms with Gasteiger partial charge in [-0.2, -0.15) is 5.10 Å². The Morgan fingerprint density at radius 1 is 1.26 bits per heavy atom. The Kier molecular flexibility index (Phi) is 5.11. The minimum Gasteiger partial charge on any atom is -0.477 e. The Morgan fingerprint density at radius 2 is 2.00 bits per heavy atom. The van der Waals surface area contributed by atoms with E-state index in [0.717, 1.165) is 23.9 Å². The fourth-order valence-electron chi connectivity index (χ4n) is 2.43. The second-order valence-electron chi connectivity index (χ2n) is 5.62. The van der Waals surface area contributed by atoms with Gasteiger partial charge in [-0.25, -0.2) is 9.07 Å². The number of carbonyl (C=O) groups excluding carboxylic acids is 1. The molecule has 9 heteroatoms. The molecule has 1 aromatic heterocycles. The van der Waals surface area contributed by atoms with Crippen molar-refractivity contribution in [3.8, 4) is 11.4 Å². The van der Waals surface area contributed by atoms with E-state index in [2.05, 4.69) is 10.4 Å². The Morgan fingerprint density at radius 3 is 2.70 bits per heavy atom. The van der Waals surface area contributed by atoms with Crippen molar-refractivity contribution < 1.29 is 18.8 Å². The molecule has 1 amide bonds. The van der Waals surface area contributed by atoms with Gasteiger partial charge in [-0.05, 0) is 25.1 Å². The van der Waals surface area contributed by atoms with Crippen LogP contribution in [0.15, 0.2) is 54.6 Å². The number of hydrogen-bond donors (Lipinski definition) is 1. The van der Waals surface area contributed by atoms with Gasteiger partial charge in [-0.3, -0.25) is 14.9 Å². The van der Waals surface area contributed by atoms with Crippen LogP contribution in [0.4, 0.5) is 15.9 Å². The number of halogens is 1. The summed E-state index contributed by atoms with van der Waals surface area (Å²) < 4.78 is 20.0. The number of ether oxygens (including phenoxy) is 1. The zero-order valence-corrected chi connectivity index (χ0v) is 14.3. The standard InChI is InChI=1S/C18H15FN4O4/c1-12-9-17(22(21-12)14-5-3-2-4-6-14)20-18(24)11-27-16-10-13(19)7-8-15(16)23(25)26/h2-10H,11H2,1H3,(H,20,24). The first-order chi connectivity index (χ1) is 12.9. The summed E-state index contributed by atoms with van der Waals surface area (Å²) in [7, 11) is 0. The number of carbonyl (C=O) groups is 1. The smallest absolute Gasteiger partial charge is 0.311 e. The van der Waals surface area contributed by atoms with Crippen LogP contribution in [0.25, 0.3) is 5.69 Å². The molecule has 1 heterocycles. The van der Waals surface area contributed by atoms with Crippen LogP contribution in [0.3, 0.4) is 0 Å². The van der Waals surface area contributed by atoms with Crippen molar-refractivity contribution in [3.05, 3.63) is 76.2 Å². The maximum absolute atomic E-state index is 13.3. The molecule has 8 nitrogen and oxygen atoms in total. The van der Waals surface area contributed by atoms with Crippen LogP contribution in [0, 0.1) is 22.9 Å². The highest BCUT2D eigenvalue weighted by Crippen LogP contribution is 2.27. The number of aryl methyl sites for hydroxylation is 1. The Hall–Kier alpha value is -3.75. The van der Waals surface area contributed by atoms with E-state index in [1.165, 1.54) is 0 Å². The third-order valence-corrected chi connectivity index (χ3v) is 3.58. The van der Waals surface area contributed by atoms with Crippen LogP contribution in [-0.4, -0.2) is 27.2 Å². The van der Waals surface area contributed by atoms with E-state index >= 15 is 0 Å². The molecular weight excluding hydrogens is 355 g/mol. The topological polar surface area (TPSA) is 99.3 Å². The van der Waals surface area contributed by atoms with Crippen LogP contribution < -0.4 is 10.1 Å². The number of nitro benzene ring substituents is 1. The summed E-state index contributed by atoms with van der Waals surface area (Å²) in [4.78, 5) is 22.5. The summed E-state index contributed by atoms with van der Waals surface area (Å²) in [6.45, 7) is 1.25. The van der Waals surface area contributed by atoms with Crippen LogP contribution in [0.5, 0.6) is 5.75 Å². The van der Waals surface area contributed by atoms with E-state index in [1.807, 2.05) is 30.3 Å². The zero-order chi connectivity index (χ0) is 19.4. The van der Waals surface area contributed by atoms with Crippen molar-refractivity contribution in [2.75, 3.05) is 11.9 Å². The molecule has 0 unspecified atom stereocenters. The molecule has 1 N–H and O–H groups in total. The number of benzene rings is 2. The first-order valence-electron chi connectivity index (χ1n) is 7.93. The third kappa shape index (κ3) is 4.27. The molecule has 0 radical (unpaired) electrons. The van der Waals surface area contributed by atoms with E-state index in [1.54, 1.807) is 17.7 Å². The normalized spacial score (nSPS) is 10.4. The van der Waals surface area contributed by atoms with Crippen molar-refractivity contribution in [2.45, 2.75) is 6.92 Å². The minimum atomic E-state index is -0.708. The van der Waals surface area contributed by atoms with Gasteiger partial charge >= 0.3 is 5.69 Å². The average Bonchev–Trinajstić information content (AvgIpc) is 3.00. The minimum absolute atomic E-state index is 0.317. The number of nitrogens with zero attached hydrogens (tertiary/aromatic N) is 3. The quantitative estimate of drug-likeness (QED) is 0.530. The van der Waals surface area contributed by atoms with Gasteiger partial charge in [-0.1, -0.05) is 18.2 Å². The van der Waals surface area contributed by atoms with E-state index < -0.39 is 28.9 Å². The lowest BCUT2D eigenvalue weighted by Gasteiger charge is -2.10. The van der Waals surface area contributed by atoms with Gasteiger partial charge in [0, 0.05) is 18.2 Å². The zero-order valence-electron chi connectivity index (χ0n) is 14.3. The lowest BCUT2D eigenvalue weighted by Crippen LogP contribution is -2.22. The van der Waals surface area contributed by atoms with Crippen molar-refractivity contribution in [2.24, 2.45) is 0 Å². The first kappa shape index (κ1) is 18.1. The number of para-hydroxylation sites is 1. The lowest BCUT2D eigenvalue weighted by molar-refractivity contribution is -0.385. The molecule has 138 valence electrons. The van der Waals surface area contributed by atoms with Crippen molar-refractivity contribution in [1.29, 1.82) is 0 Å². The van der Waals surface area contributed by atoms with Crippen LogP contribution in [0.1, 0.15) is 5.69 Å². The molecule has 0 atom stereocenters. The summed E-state index contributed by atoms with van der Waals surface area (Å²) in [6.07, 6.45) is 0. The molecule has 0 spiro atoms. The molecule has 0 aliphatic carbocycles. The SMILES string of the molecule is Cc1cc(NC(=O)COc2cc(F)ccc2[N+](=O)[O-])n(-c2ccccc2)n1. The maximum atomic E-state index is 13.3. The van der Waals surface area contributed by atoms with E-state index in [4.69, 9.17) is 4.74 Å². The summed E-state index contributed by atoms with van der Waals surface area (Å²) in [6, 6.07) is 13.7. The summed E-state index contributed by atoms with van der Waals surface area (Å²) in [5.74, 6) is -1.16. The van der Waals surface area contributed by atoms with Crippen molar-refractivity contribution >= 4 is 17.4 Å². The average molecular weight is 370 g/mol. The highest BCUT2D eigenvalue weighted by molar-refractivity contribution is 5.91. The van der Waals surface area contributed by atoms with E-state index in [9.17, 15) is 19.3 Å². The highest BCUT2D eigenvalue weighted by atomic mass is 19.1. The number of amides is 1. The van der Waals surface area contributed by atoms with Crippen LogP contribution >= 0.6 is 0 Å². The second kappa shape index (κ2) is 7.65. The predicted molar refractivity (Wildman–Crippen MR) is 95.5 cm³/mol. The number of rotatable bonds is 6. The van der Waals surface area contributed by atoms with E-state index in [0.29, 0.717) is 11.5 Å². The summed E-state index contributed by atoms with van der Waals surface area (Å²) in [5.41, 5.74) is 1.02. The Balaban J connectivity index is 1.73. The molecule has 0 aliphatic rings. The monoisotopic (exact) mass is 370 g/mol. The molecular formula is C18H15FN4O4.